The number of carbonyl (C=O) groups excluding carboxylic acids is 4. The minimum atomic E-state index is -3.82. The molecule has 1 aliphatic carbocycles. The van der Waals surface area contributed by atoms with E-state index in [1.807, 2.05) is 6.92 Å². The highest BCUT2D eigenvalue weighted by Crippen LogP contribution is 2.38. The SMILES string of the molecule is CC(=O)c1cccc(S(=O)(=O)N2CCN(C(=O)CN3C(=O)N[C@]4(CCCC[C@@H]4C)C3=O)CC2)c1. The summed E-state index contributed by atoms with van der Waals surface area (Å²) in [5.41, 5.74) is -0.606. The van der Waals surface area contributed by atoms with Crippen molar-refractivity contribution in [3.63, 3.8) is 0 Å². The smallest absolute Gasteiger partial charge is 0.325 e. The lowest BCUT2D eigenvalue weighted by Gasteiger charge is -2.37. The Bertz CT molecular complexity index is 1130. The van der Waals surface area contributed by atoms with Crippen molar-refractivity contribution >= 4 is 33.7 Å². The topological polar surface area (TPSA) is 124 Å². The van der Waals surface area contributed by atoms with E-state index in [2.05, 4.69) is 5.32 Å². The Kier molecular flexibility index (Phi) is 6.52. The molecule has 4 amide bonds. The molecule has 3 fully saturated rings. The van der Waals surface area contributed by atoms with Crippen molar-refractivity contribution in [2.24, 2.45) is 5.92 Å². The fourth-order valence-corrected chi connectivity index (χ4v) is 6.55. The van der Waals surface area contributed by atoms with Crippen LogP contribution < -0.4 is 5.32 Å². The summed E-state index contributed by atoms with van der Waals surface area (Å²) in [7, 11) is -3.82. The van der Waals surface area contributed by atoms with E-state index in [-0.39, 0.29) is 61.1 Å². The minimum Gasteiger partial charge on any atom is -0.338 e. The Morgan fingerprint density at radius 1 is 1.12 bits per heavy atom. The number of ketones is 1. The third kappa shape index (κ3) is 4.22. The molecule has 0 aromatic heterocycles. The van der Waals surface area contributed by atoms with Gasteiger partial charge in [-0.15, -0.1) is 0 Å². The number of hydrogen-bond donors (Lipinski definition) is 1. The number of nitrogens with one attached hydrogen (secondary N) is 1. The lowest BCUT2D eigenvalue weighted by Crippen LogP contribution is -2.55. The first-order valence-electron chi connectivity index (χ1n) is 11.6. The van der Waals surface area contributed by atoms with Crippen molar-refractivity contribution in [2.45, 2.75) is 50.0 Å². The molecule has 1 saturated carbocycles. The van der Waals surface area contributed by atoms with Crippen LogP contribution in [0.4, 0.5) is 4.79 Å². The number of urea groups is 1. The maximum atomic E-state index is 13.1. The second-order valence-corrected chi connectivity index (χ2v) is 11.2. The normalized spacial score (nSPS) is 26.1. The van der Waals surface area contributed by atoms with Crippen LogP contribution in [-0.4, -0.2) is 84.4 Å². The van der Waals surface area contributed by atoms with E-state index in [0.717, 1.165) is 24.2 Å². The molecule has 4 rings (SSSR count). The fraction of sp³-hybridized carbons (Fsp3) is 0.565. The van der Waals surface area contributed by atoms with Crippen molar-refractivity contribution < 1.29 is 27.6 Å². The minimum absolute atomic E-state index is 0.00746. The molecular weight excluding hydrogens is 460 g/mol. The molecule has 0 unspecified atom stereocenters. The zero-order valence-electron chi connectivity index (χ0n) is 19.5. The molecule has 0 bridgehead atoms. The van der Waals surface area contributed by atoms with Gasteiger partial charge in [-0.05, 0) is 37.8 Å². The van der Waals surface area contributed by atoms with Gasteiger partial charge in [-0.2, -0.15) is 4.31 Å². The highest BCUT2D eigenvalue weighted by atomic mass is 32.2. The predicted molar refractivity (Wildman–Crippen MR) is 122 cm³/mol. The number of amides is 4. The first-order chi connectivity index (χ1) is 16.1. The van der Waals surface area contributed by atoms with E-state index in [1.165, 1.54) is 34.3 Å². The molecule has 34 heavy (non-hydrogen) atoms. The molecule has 3 aliphatic rings. The maximum Gasteiger partial charge on any atom is 0.325 e. The van der Waals surface area contributed by atoms with Crippen LogP contribution in [0, 0.1) is 5.92 Å². The van der Waals surface area contributed by atoms with Gasteiger partial charge in [0.15, 0.2) is 5.78 Å². The van der Waals surface area contributed by atoms with Crippen LogP contribution in [0.2, 0.25) is 0 Å². The summed E-state index contributed by atoms with van der Waals surface area (Å²) in [6, 6.07) is 5.35. The molecule has 1 aromatic rings. The Morgan fingerprint density at radius 2 is 1.82 bits per heavy atom. The second-order valence-electron chi connectivity index (χ2n) is 9.31. The van der Waals surface area contributed by atoms with Crippen molar-refractivity contribution in [1.29, 1.82) is 0 Å². The molecule has 1 N–H and O–H groups in total. The molecule has 2 heterocycles. The number of carbonyl (C=O) groups is 4. The molecule has 2 aliphatic heterocycles. The van der Waals surface area contributed by atoms with Crippen LogP contribution in [0.15, 0.2) is 29.2 Å². The zero-order valence-corrected chi connectivity index (χ0v) is 20.3. The van der Waals surface area contributed by atoms with Crippen LogP contribution in [0.3, 0.4) is 0 Å². The van der Waals surface area contributed by atoms with E-state index >= 15 is 0 Å². The summed E-state index contributed by atoms with van der Waals surface area (Å²) in [5.74, 6) is -0.949. The van der Waals surface area contributed by atoms with Crippen molar-refractivity contribution in [3.05, 3.63) is 29.8 Å². The third-order valence-corrected chi connectivity index (χ3v) is 9.16. The highest BCUT2D eigenvalue weighted by molar-refractivity contribution is 7.89. The predicted octanol–water partition coefficient (Wildman–Crippen LogP) is 1.22. The number of piperazine rings is 1. The Labute approximate surface area is 199 Å². The van der Waals surface area contributed by atoms with Crippen LogP contribution in [0.1, 0.15) is 49.9 Å². The Morgan fingerprint density at radius 3 is 2.47 bits per heavy atom. The maximum absolute atomic E-state index is 13.1. The van der Waals surface area contributed by atoms with Gasteiger partial charge in [0, 0.05) is 31.7 Å². The number of benzene rings is 1. The lowest BCUT2D eigenvalue weighted by molar-refractivity contribution is -0.141. The van der Waals surface area contributed by atoms with Gasteiger partial charge < -0.3 is 10.2 Å². The average Bonchev–Trinajstić information content (AvgIpc) is 3.06. The van der Waals surface area contributed by atoms with Gasteiger partial charge in [-0.3, -0.25) is 19.3 Å². The van der Waals surface area contributed by atoms with Gasteiger partial charge >= 0.3 is 6.03 Å². The highest BCUT2D eigenvalue weighted by Gasteiger charge is 2.55. The number of Topliss-reactive ketones (excluding diaryl/α,β-unsaturated/α-hetero) is 1. The monoisotopic (exact) mass is 490 g/mol. The molecule has 0 radical (unpaired) electrons. The average molecular weight is 491 g/mol. The van der Waals surface area contributed by atoms with Crippen molar-refractivity contribution in [2.75, 3.05) is 32.7 Å². The Hall–Kier alpha value is -2.79. The van der Waals surface area contributed by atoms with Gasteiger partial charge in [-0.1, -0.05) is 31.9 Å². The van der Waals surface area contributed by atoms with Gasteiger partial charge in [0.05, 0.1) is 4.90 Å². The Balaban J connectivity index is 1.38. The fourth-order valence-electron chi connectivity index (χ4n) is 5.08. The van der Waals surface area contributed by atoms with E-state index in [9.17, 15) is 27.6 Å². The number of rotatable bonds is 5. The van der Waals surface area contributed by atoms with Crippen molar-refractivity contribution in [1.82, 2.24) is 19.4 Å². The van der Waals surface area contributed by atoms with Gasteiger partial charge in [0.2, 0.25) is 15.9 Å². The number of sulfonamides is 1. The van der Waals surface area contributed by atoms with Crippen LogP contribution in [-0.2, 0) is 19.6 Å². The summed E-state index contributed by atoms with van der Waals surface area (Å²) < 4.78 is 27.3. The molecule has 11 heteroatoms. The zero-order chi connectivity index (χ0) is 24.7. The summed E-state index contributed by atoms with van der Waals surface area (Å²) in [5, 5.41) is 2.84. The van der Waals surface area contributed by atoms with E-state index in [4.69, 9.17) is 0 Å². The van der Waals surface area contributed by atoms with Gasteiger partial charge in [-0.25, -0.2) is 13.2 Å². The second kappa shape index (κ2) is 9.10. The molecule has 1 spiro atoms. The molecule has 10 nitrogen and oxygen atoms in total. The van der Waals surface area contributed by atoms with E-state index in [0.29, 0.717) is 12.0 Å². The summed E-state index contributed by atoms with van der Waals surface area (Å²) in [4.78, 5) is 52.7. The first-order valence-corrected chi connectivity index (χ1v) is 13.0. The van der Waals surface area contributed by atoms with Gasteiger partial charge in [0.1, 0.15) is 12.1 Å². The third-order valence-electron chi connectivity index (χ3n) is 7.26. The quantitative estimate of drug-likeness (QED) is 0.489. The molecule has 2 saturated heterocycles. The number of imide groups is 1. The lowest BCUT2D eigenvalue weighted by atomic mass is 9.73. The molecular formula is C23H30N4O6S. The van der Waals surface area contributed by atoms with Crippen molar-refractivity contribution in [3.8, 4) is 0 Å². The van der Waals surface area contributed by atoms with E-state index in [1.54, 1.807) is 6.07 Å². The van der Waals surface area contributed by atoms with Gasteiger partial charge in [0.25, 0.3) is 5.91 Å². The molecule has 2 atom stereocenters. The number of nitrogens with zero attached hydrogens (tertiary/aromatic N) is 3. The van der Waals surface area contributed by atoms with Crippen LogP contribution >= 0.6 is 0 Å². The largest absolute Gasteiger partial charge is 0.338 e. The van der Waals surface area contributed by atoms with Crippen LogP contribution in [0.5, 0.6) is 0 Å². The first kappa shape index (κ1) is 24.3. The summed E-state index contributed by atoms with van der Waals surface area (Å²) in [6.45, 7) is 3.43. The molecule has 1 aromatic carbocycles. The number of hydrogen-bond acceptors (Lipinski definition) is 6. The molecule has 184 valence electrons. The summed E-state index contributed by atoms with van der Waals surface area (Å²) in [6.07, 6.45) is 3.28. The van der Waals surface area contributed by atoms with E-state index < -0.39 is 21.6 Å². The standard InChI is InChI=1S/C23H30N4O6S/c1-16-6-3-4-9-23(16)21(30)27(22(31)24-23)15-20(29)25-10-12-26(13-11-25)34(32,33)19-8-5-7-18(14-19)17(2)28/h5,7-8,14,16H,3-4,6,9-13,15H2,1-2H3,(H,24,31)/t16-,23-/m0/s1. The summed E-state index contributed by atoms with van der Waals surface area (Å²) >= 11 is 0. The van der Waals surface area contributed by atoms with Crippen LogP contribution in [0.25, 0.3) is 0 Å².